The minimum atomic E-state index is -1.04. The zero-order valence-electron chi connectivity index (χ0n) is 17.1. The number of imide groups is 1. The highest BCUT2D eigenvalue weighted by Gasteiger charge is 2.48. The second-order valence-electron chi connectivity index (χ2n) is 7.46. The molecule has 0 spiro atoms. The number of rotatable bonds is 8. The van der Waals surface area contributed by atoms with E-state index in [2.05, 4.69) is 5.32 Å². The molecule has 1 aromatic heterocycles. The molecule has 3 rings (SSSR count). The van der Waals surface area contributed by atoms with Crippen LogP contribution in [0.25, 0.3) is 0 Å². The third-order valence-corrected chi connectivity index (χ3v) is 6.37. The van der Waals surface area contributed by atoms with Crippen molar-refractivity contribution >= 4 is 40.8 Å². The van der Waals surface area contributed by atoms with Crippen molar-refractivity contribution in [2.75, 3.05) is 20.7 Å². The lowest BCUT2D eigenvalue weighted by molar-refractivity contribution is -0.138. The molecule has 4 amide bonds. The summed E-state index contributed by atoms with van der Waals surface area (Å²) in [6.45, 7) is 1.77. The van der Waals surface area contributed by atoms with Gasteiger partial charge in [-0.3, -0.25) is 14.5 Å². The van der Waals surface area contributed by atoms with Crippen molar-refractivity contribution in [1.29, 1.82) is 0 Å². The topological polar surface area (TPSA) is 79.0 Å². The average molecular weight is 450 g/mol. The van der Waals surface area contributed by atoms with Gasteiger partial charge in [-0.1, -0.05) is 23.7 Å². The van der Waals surface area contributed by atoms with E-state index in [1.807, 2.05) is 30.3 Å². The van der Waals surface area contributed by atoms with E-state index in [0.717, 1.165) is 21.1 Å². The summed E-state index contributed by atoms with van der Waals surface area (Å²) < 4.78 is 5.79. The minimum absolute atomic E-state index is 0.293. The first-order valence-electron chi connectivity index (χ1n) is 9.47. The molecule has 1 aromatic carbocycles. The second-order valence-corrected chi connectivity index (χ2v) is 9.26. The van der Waals surface area contributed by atoms with Crippen molar-refractivity contribution in [3.63, 3.8) is 0 Å². The molecular weight excluding hydrogens is 426 g/mol. The Morgan fingerprint density at radius 1 is 1.23 bits per heavy atom. The maximum absolute atomic E-state index is 12.9. The van der Waals surface area contributed by atoms with Gasteiger partial charge in [0, 0.05) is 11.9 Å². The summed E-state index contributed by atoms with van der Waals surface area (Å²) in [5.41, 5.74) is -0.0140. The van der Waals surface area contributed by atoms with Crippen molar-refractivity contribution in [3.8, 4) is 5.75 Å². The Bertz CT molecular complexity index is 946. The molecule has 1 aliphatic heterocycles. The number of likely N-dealkylation sites (N-methyl/N-ethyl adjacent to an activating group) is 1. The molecule has 1 atom stereocenters. The van der Waals surface area contributed by atoms with Gasteiger partial charge in [0.05, 0.1) is 18.0 Å². The number of amides is 4. The van der Waals surface area contributed by atoms with Crippen LogP contribution in [0.1, 0.15) is 23.8 Å². The lowest BCUT2D eigenvalue weighted by Crippen LogP contribution is -2.45. The minimum Gasteiger partial charge on any atom is -0.497 e. The molecule has 1 N–H and O–H groups in total. The zero-order chi connectivity index (χ0) is 21.9. The third-order valence-electron chi connectivity index (χ3n) is 5.16. The predicted octanol–water partition coefficient (Wildman–Crippen LogP) is 3.31. The van der Waals surface area contributed by atoms with Crippen molar-refractivity contribution in [2.24, 2.45) is 0 Å². The highest BCUT2D eigenvalue weighted by molar-refractivity contribution is 7.16. The summed E-state index contributed by atoms with van der Waals surface area (Å²) in [6, 6.07) is 10.6. The number of hydrogen-bond acceptors (Lipinski definition) is 5. The third kappa shape index (κ3) is 4.94. The molecule has 1 saturated heterocycles. The van der Waals surface area contributed by atoms with E-state index >= 15 is 0 Å². The van der Waals surface area contributed by atoms with Crippen molar-refractivity contribution in [2.45, 2.75) is 31.8 Å². The molecule has 0 aliphatic carbocycles. The Kier molecular flexibility index (Phi) is 6.67. The Hall–Kier alpha value is -2.58. The Balaban J connectivity index is 1.59. The number of carbonyl (C=O) groups is 3. The standard InChI is InChI=1S/C21H24ClN3O4S/c1-21(11-10-14-4-6-15(29-3)7-5-14)19(27)25(20(28)23-21)13-18(26)24(2)12-16-8-9-17(22)30-16/h4-9H,10-13H2,1-3H3,(H,23,28)/t21-/m0/s1. The lowest BCUT2D eigenvalue weighted by atomic mass is 9.93. The lowest BCUT2D eigenvalue weighted by Gasteiger charge is -2.23. The van der Waals surface area contributed by atoms with Gasteiger partial charge in [0.1, 0.15) is 17.8 Å². The molecule has 2 aromatic rings. The molecule has 0 bridgehead atoms. The number of methoxy groups -OCH3 is 1. The van der Waals surface area contributed by atoms with Crippen molar-refractivity contribution < 1.29 is 19.1 Å². The number of thiophene rings is 1. The molecular formula is C21H24ClN3O4S. The van der Waals surface area contributed by atoms with E-state index in [4.69, 9.17) is 16.3 Å². The van der Waals surface area contributed by atoms with Crippen LogP contribution in [0.5, 0.6) is 5.75 Å². The van der Waals surface area contributed by atoms with Gasteiger partial charge in [-0.15, -0.1) is 11.3 Å². The van der Waals surface area contributed by atoms with E-state index in [1.54, 1.807) is 27.1 Å². The molecule has 0 radical (unpaired) electrons. The molecule has 160 valence electrons. The van der Waals surface area contributed by atoms with Gasteiger partial charge in [0.15, 0.2) is 0 Å². The first-order chi connectivity index (χ1) is 14.2. The van der Waals surface area contributed by atoms with Gasteiger partial charge in [0.25, 0.3) is 5.91 Å². The van der Waals surface area contributed by atoms with E-state index in [9.17, 15) is 14.4 Å². The zero-order valence-corrected chi connectivity index (χ0v) is 18.7. The van der Waals surface area contributed by atoms with Crippen LogP contribution in [0, 0.1) is 0 Å². The summed E-state index contributed by atoms with van der Waals surface area (Å²) >= 11 is 7.31. The summed E-state index contributed by atoms with van der Waals surface area (Å²) in [6.07, 6.45) is 1.03. The molecule has 30 heavy (non-hydrogen) atoms. The summed E-state index contributed by atoms with van der Waals surface area (Å²) in [5.74, 6) is 0.0539. The fourth-order valence-corrected chi connectivity index (χ4v) is 4.40. The number of nitrogens with one attached hydrogen (secondary N) is 1. The van der Waals surface area contributed by atoms with Gasteiger partial charge >= 0.3 is 6.03 Å². The molecule has 1 fully saturated rings. The number of urea groups is 1. The monoisotopic (exact) mass is 449 g/mol. The van der Waals surface area contributed by atoms with Crippen molar-refractivity contribution in [1.82, 2.24) is 15.1 Å². The quantitative estimate of drug-likeness (QED) is 0.627. The Labute approximate surface area is 184 Å². The predicted molar refractivity (Wildman–Crippen MR) is 116 cm³/mol. The van der Waals surface area contributed by atoms with Crippen LogP contribution < -0.4 is 10.1 Å². The molecule has 9 heteroatoms. The summed E-state index contributed by atoms with van der Waals surface area (Å²) in [4.78, 5) is 41.3. The molecule has 0 unspecified atom stereocenters. The van der Waals surface area contributed by atoms with Gasteiger partial charge in [-0.25, -0.2) is 4.79 Å². The Morgan fingerprint density at radius 3 is 2.53 bits per heavy atom. The first kappa shape index (κ1) is 22.1. The second kappa shape index (κ2) is 9.06. The molecule has 7 nitrogen and oxygen atoms in total. The average Bonchev–Trinajstić information content (AvgIpc) is 3.22. The number of benzene rings is 1. The maximum atomic E-state index is 12.9. The number of carbonyl (C=O) groups excluding carboxylic acids is 3. The van der Waals surface area contributed by atoms with Gasteiger partial charge in [0.2, 0.25) is 5.91 Å². The number of ether oxygens (including phenoxy) is 1. The summed E-state index contributed by atoms with van der Waals surface area (Å²) in [7, 11) is 3.24. The molecule has 2 heterocycles. The van der Waals surface area contributed by atoms with Gasteiger partial charge < -0.3 is 15.0 Å². The first-order valence-corrected chi connectivity index (χ1v) is 10.7. The number of aryl methyl sites for hydroxylation is 1. The highest BCUT2D eigenvalue weighted by Crippen LogP contribution is 2.25. The molecule has 0 saturated carbocycles. The largest absolute Gasteiger partial charge is 0.497 e. The fourth-order valence-electron chi connectivity index (χ4n) is 3.26. The van der Waals surface area contributed by atoms with Crippen molar-refractivity contribution in [3.05, 3.63) is 51.2 Å². The number of hydrogen-bond donors (Lipinski definition) is 1. The van der Waals surface area contributed by atoms with E-state index in [1.165, 1.54) is 16.2 Å². The molecule has 1 aliphatic rings. The summed E-state index contributed by atoms with van der Waals surface area (Å²) in [5, 5.41) is 2.75. The van der Waals surface area contributed by atoms with Crippen LogP contribution in [0.3, 0.4) is 0 Å². The SMILES string of the molecule is COc1ccc(CC[C@]2(C)NC(=O)N(CC(=O)N(C)Cc3ccc(Cl)s3)C2=O)cc1. The van der Waals surface area contributed by atoms with E-state index in [0.29, 0.717) is 23.7 Å². The van der Waals surface area contributed by atoms with Crippen LogP contribution in [-0.2, 0) is 22.6 Å². The highest BCUT2D eigenvalue weighted by atomic mass is 35.5. The van der Waals surface area contributed by atoms with Gasteiger partial charge in [-0.2, -0.15) is 0 Å². The maximum Gasteiger partial charge on any atom is 0.325 e. The van der Waals surface area contributed by atoms with Gasteiger partial charge in [-0.05, 0) is 49.6 Å². The number of halogens is 1. The van der Waals surface area contributed by atoms with E-state index in [-0.39, 0.29) is 18.4 Å². The van der Waals surface area contributed by atoms with Crippen LogP contribution in [0.4, 0.5) is 4.79 Å². The fraction of sp³-hybridized carbons (Fsp3) is 0.381. The smallest absolute Gasteiger partial charge is 0.325 e. The normalized spacial score (nSPS) is 18.5. The van der Waals surface area contributed by atoms with Crippen LogP contribution >= 0.6 is 22.9 Å². The van der Waals surface area contributed by atoms with Crippen LogP contribution in [0.15, 0.2) is 36.4 Å². The van der Waals surface area contributed by atoms with Crippen LogP contribution in [-0.4, -0.2) is 53.9 Å². The Morgan fingerprint density at radius 2 is 1.93 bits per heavy atom. The number of nitrogens with zero attached hydrogens (tertiary/aromatic N) is 2. The van der Waals surface area contributed by atoms with Crippen LogP contribution in [0.2, 0.25) is 4.34 Å². The van der Waals surface area contributed by atoms with E-state index < -0.39 is 11.6 Å².